The van der Waals surface area contributed by atoms with Gasteiger partial charge >= 0.3 is 0 Å². The molecule has 118 valence electrons. The van der Waals surface area contributed by atoms with E-state index in [9.17, 15) is 4.79 Å². The molecular formula is C17H24N4O. The van der Waals surface area contributed by atoms with E-state index in [4.69, 9.17) is 5.73 Å². The molecule has 0 radical (unpaired) electrons. The second-order valence-corrected chi connectivity index (χ2v) is 5.53. The zero-order chi connectivity index (χ0) is 15.9. The van der Waals surface area contributed by atoms with Crippen LogP contribution in [0.1, 0.15) is 42.2 Å². The van der Waals surface area contributed by atoms with Crippen molar-refractivity contribution in [3.05, 3.63) is 47.7 Å². The van der Waals surface area contributed by atoms with Crippen molar-refractivity contribution in [1.82, 2.24) is 9.78 Å². The van der Waals surface area contributed by atoms with Gasteiger partial charge in [-0.2, -0.15) is 5.10 Å². The number of hydrogen-bond donors (Lipinski definition) is 2. The highest BCUT2D eigenvalue weighted by Gasteiger charge is 2.10. The number of nitrogens with two attached hydrogens (primary N) is 1. The molecule has 1 aromatic heterocycles. The van der Waals surface area contributed by atoms with E-state index in [-0.39, 0.29) is 11.9 Å². The highest BCUT2D eigenvalue weighted by atomic mass is 16.1. The molecule has 0 aliphatic heterocycles. The van der Waals surface area contributed by atoms with E-state index >= 15 is 0 Å². The van der Waals surface area contributed by atoms with Crippen molar-refractivity contribution in [2.24, 2.45) is 12.8 Å². The van der Waals surface area contributed by atoms with Gasteiger partial charge in [-0.3, -0.25) is 9.48 Å². The third-order valence-electron chi connectivity index (χ3n) is 3.74. The minimum Gasteiger partial charge on any atom is -0.328 e. The van der Waals surface area contributed by atoms with Crippen LogP contribution in [0, 0.1) is 0 Å². The zero-order valence-corrected chi connectivity index (χ0v) is 13.2. The van der Waals surface area contributed by atoms with E-state index in [0.29, 0.717) is 11.4 Å². The van der Waals surface area contributed by atoms with Crippen LogP contribution in [0.25, 0.3) is 0 Å². The van der Waals surface area contributed by atoms with Gasteiger partial charge in [0.2, 0.25) is 0 Å². The van der Waals surface area contributed by atoms with Crippen LogP contribution in [-0.4, -0.2) is 21.7 Å². The molecule has 0 spiro atoms. The summed E-state index contributed by atoms with van der Waals surface area (Å²) >= 11 is 0. The van der Waals surface area contributed by atoms with Gasteiger partial charge < -0.3 is 11.1 Å². The molecule has 22 heavy (non-hydrogen) atoms. The lowest BCUT2D eigenvalue weighted by Crippen LogP contribution is -2.18. The number of benzene rings is 1. The van der Waals surface area contributed by atoms with Gasteiger partial charge in [0.25, 0.3) is 5.91 Å². The Hall–Kier alpha value is -2.14. The first-order valence-electron chi connectivity index (χ1n) is 7.75. The summed E-state index contributed by atoms with van der Waals surface area (Å²) in [6, 6.07) is 11.4. The second kappa shape index (κ2) is 7.75. The number of anilines is 1. The molecule has 5 nitrogen and oxygen atoms in total. The molecule has 1 unspecified atom stereocenters. The molecule has 0 saturated heterocycles. The van der Waals surface area contributed by atoms with Crippen LogP contribution < -0.4 is 11.1 Å². The molecule has 0 bridgehead atoms. The van der Waals surface area contributed by atoms with Gasteiger partial charge in [-0.25, -0.2) is 0 Å². The van der Waals surface area contributed by atoms with E-state index in [1.54, 1.807) is 16.8 Å². The van der Waals surface area contributed by atoms with Crippen molar-refractivity contribution in [2.75, 3.05) is 5.32 Å². The van der Waals surface area contributed by atoms with Crippen LogP contribution in [0.5, 0.6) is 0 Å². The summed E-state index contributed by atoms with van der Waals surface area (Å²) in [5, 5.41) is 7.34. The zero-order valence-electron chi connectivity index (χ0n) is 13.2. The second-order valence-electron chi connectivity index (χ2n) is 5.53. The van der Waals surface area contributed by atoms with Crippen LogP contribution in [-0.2, 0) is 13.5 Å². The van der Waals surface area contributed by atoms with E-state index in [0.717, 1.165) is 31.4 Å². The average Bonchev–Trinajstić information content (AvgIpc) is 2.87. The van der Waals surface area contributed by atoms with Crippen molar-refractivity contribution in [2.45, 2.75) is 38.6 Å². The van der Waals surface area contributed by atoms with Gasteiger partial charge in [-0.1, -0.05) is 25.1 Å². The summed E-state index contributed by atoms with van der Waals surface area (Å²) < 4.78 is 1.70. The van der Waals surface area contributed by atoms with E-state index < -0.39 is 0 Å². The number of nitrogens with one attached hydrogen (secondary N) is 1. The lowest BCUT2D eigenvalue weighted by molar-refractivity contribution is 0.102. The Morgan fingerprint density at radius 3 is 2.77 bits per heavy atom. The Labute approximate surface area is 131 Å². The maximum absolute atomic E-state index is 12.1. The van der Waals surface area contributed by atoms with Crippen LogP contribution in [0.2, 0.25) is 0 Å². The predicted octanol–water partition coefficient (Wildman–Crippen LogP) is 2.73. The Balaban J connectivity index is 1.94. The van der Waals surface area contributed by atoms with Gasteiger partial charge in [-0.05, 0) is 37.8 Å². The minimum absolute atomic E-state index is 0.122. The third-order valence-corrected chi connectivity index (χ3v) is 3.74. The first kappa shape index (κ1) is 16.2. The summed E-state index contributed by atoms with van der Waals surface area (Å²) in [4.78, 5) is 12.1. The summed E-state index contributed by atoms with van der Waals surface area (Å²) in [5.74, 6) is 0.590. The van der Waals surface area contributed by atoms with Gasteiger partial charge in [0.15, 0.2) is 0 Å². The maximum atomic E-state index is 12.1. The molecule has 5 heteroatoms. The van der Waals surface area contributed by atoms with Crippen LogP contribution in [0.3, 0.4) is 0 Å². The van der Waals surface area contributed by atoms with E-state index in [1.165, 1.54) is 0 Å². The molecule has 2 rings (SSSR count). The Bertz CT molecular complexity index is 606. The quantitative estimate of drug-likeness (QED) is 0.825. The first-order chi connectivity index (χ1) is 10.6. The van der Waals surface area contributed by atoms with Crippen LogP contribution >= 0.6 is 0 Å². The predicted molar refractivity (Wildman–Crippen MR) is 88.8 cm³/mol. The molecule has 3 N–H and O–H groups in total. The molecular weight excluding hydrogens is 276 g/mol. The van der Waals surface area contributed by atoms with Crippen molar-refractivity contribution in [3.63, 3.8) is 0 Å². The number of nitrogens with zero attached hydrogens (tertiary/aromatic N) is 2. The van der Waals surface area contributed by atoms with Gasteiger partial charge in [0.1, 0.15) is 5.82 Å². The molecule has 0 saturated carbocycles. The molecule has 0 aliphatic carbocycles. The number of aromatic nitrogens is 2. The number of rotatable bonds is 7. The molecule has 0 fully saturated rings. The lowest BCUT2D eigenvalue weighted by Gasteiger charge is -2.06. The maximum Gasteiger partial charge on any atom is 0.256 e. The SMILES string of the molecule is CCC(N)CCCc1cc(NC(=O)c2ccccc2)n(C)n1. The van der Waals surface area contributed by atoms with Crippen molar-refractivity contribution >= 4 is 11.7 Å². The van der Waals surface area contributed by atoms with E-state index in [2.05, 4.69) is 17.3 Å². The number of aryl methyl sites for hydroxylation is 2. The van der Waals surface area contributed by atoms with Gasteiger partial charge in [-0.15, -0.1) is 0 Å². The molecule has 0 aliphatic rings. The summed E-state index contributed by atoms with van der Waals surface area (Å²) in [7, 11) is 1.84. The molecule has 1 aromatic carbocycles. The standard InChI is InChI=1S/C17H24N4O/c1-3-14(18)10-7-11-15-12-16(21(2)20-15)19-17(22)13-8-5-4-6-9-13/h4-6,8-9,12,14H,3,7,10-11,18H2,1-2H3,(H,19,22). The van der Waals surface area contributed by atoms with Crippen molar-refractivity contribution in [3.8, 4) is 0 Å². The average molecular weight is 300 g/mol. The first-order valence-corrected chi connectivity index (χ1v) is 7.75. The van der Waals surface area contributed by atoms with E-state index in [1.807, 2.05) is 31.3 Å². The number of amides is 1. The summed E-state index contributed by atoms with van der Waals surface area (Å²) in [5.41, 5.74) is 7.54. The monoisotopic (exact) mass is 300 g/mol. The summed E-state index contributed by atoms with van der Waals surface area (Å²) in [6.07, 6.45) is 3.89. The normalized spacial score (nSPS) is 12.1. The fraction of sp³-hybridized carbons (Fsp3) is 0.412. The highest BCUT2D eigenvalue weighted by Crippen LogP contribution is 2.13. The third kappa shape index (κ3) is 4.43. The lowest BCUT2D eigenvalue weighted by atomic mass is 10.1. The smallest absolute Gasteiger partial charge is 0.256 e. The molecule has 1 atom stereocenters. The number of carbonyl (C=O) groups is 1. The Morgan fingerprint density at radius 2 is 2.09 bits per heavy atom. The molecule has 2 aromatic rings. The molecule has 1 heterocycles. The fourth-order valence-corrected chi connectivity index (χ4v) is 2.29. The largest absolute Gasteiger partial charge is 0.328 e. The molecule has 1 amide bonds. The fourth-order valence-electron chi connectivity index (χ4n) is 2.29. The van der Waals surface area contributed by atoms with Crippen molar-refractivity contribution < 1.29 is 4.79 Å². The topological polar surface area (TPSA) is 72.9 Å². The number of carbonyl (C=O) groups excluding carboxylic acids is 1. The summed E-state index contributed by atoms with van der Waals surface area (Å²) in [6.45, 7) is 2.10. The van der Waals surface area contributed by atoms with Gasteiger partial charge in [0.05, 0.1) is 5.69 Å². The van der Waals surface area contributed by atoms with Gasteiger partial charge in [0, 0.05) is 24.7 Å². The Morgan fingerprint density at radius 1 is 1.36 bits per heavy atom. The highest BCUT2D eigenvalue weighted by molar-refractivity contribution is 6.03. The Kier molecular flexibility index (Phi) is 5.72. The van der Waals surface area contributed by atoms with Crippen molar-refractivity contribution in [1.29, 1.82) is 0 Å². The van der Waals surface area contributed by atoms with Crippen LogP contribution in [0.4, 0.5) is 5.82 Å². The minimum atomic E-state index is -0.122. The van der Waals surface area contributed by atoms with Crippen LogP contribution in [0.15, 0.2) is 36.4 Å². The number of hydrogen-bond acceptors (Lipinski definition) is 3.